The maximum Gasteiger partial charge on any atom is 0.212 e. The maximum atomic E-state index is 2.35. The van der Waals surface area contributed by atoms with Crippen LogP contribution in [-0.2, 0) is 13.5 Å². The Morgan fingerprint density at radius 1 is 0.792 bits per heavy atom. The fourth-order valence-corrected chi connectivity index (χ4v) is 3.53. The van der Waals surface area contributed by atoms with Gasteiger partial charge in [-0.25, -0.2) is 4.57 Å². The summed E-state index contributed by atoms with van der Waals surface area (Å²) < 4.78 is 2.25. The molecule has 1 heterocycles. The number of pyridine rings is 1. The van der Waals surface area contributed by atoms with Crippen molar-refractivity contribution in [2.24, 2.45) is 7.05 Å². The van der Waals surface area contributed by atoms with Crippen LogP contribution in [0.2, 0.25) is 0 Å². The number of benzene rings is 2. The van der Waals surface area contributed by atoms with Gasteiger partial charge in [0.05, 0.1) is 0 Å². The Hall–Kier alpha value is -2.41. The Kier molecular flexibility index (Phi) is 4.53. The Bertz CT molecular complexity index is 876. The molecule has 0 spiro atoms. The van der Waals surface area contributed by atoms with Crippen LogP contribution in [0.1, 0.15) is 29.2 Å². The third-order valence-electron chi connectivity index (χ3n) is 4.90. The zero-order valence-electron chi connectivity index (χ0n) is 15.4. The molecule has 1 heteroatoms. The van der Waals surface area contributed by atoms with Gasteiger partial charge in [-0.2, -0.15) is 0 Å². The summed E-state index contributed by atoms with van der Waals surface area (Å²) in [4.78, 5) is 0. The Balaban J connectivity index is 2.23. The molecule has 3 aromatic rings. The van der Waals surface area contributed by atoms with Crippen LogP contribution in [0.3, 0.4) is 0 Å². The fourth-order valence-electron chi connectivity index (χ4n) is 3.53. The highest BCUT2D eigenvalue weighted by molar-refractivity contribution is 5.75. The van der Waals surface area contributed by atoms with E-state index in [4.69, 9.17) is 0 Å². The van der Waals surface area contributed by atoms with Gasteiger partial charge < -0.3 is 0 Å². The minimum Gasteiger partial charge on any atom is -0.201 e. The second-order valence-corrected chi connectivity index (χ2v) is 6.68. The molecule has 0 saturated heterocycles. The van der Waals surface area contributed by atoms with Gasteiger partial charge in [-0.05, 0) is 61.1 Å². The van der Waals surface area contributed by atoms with Gasteiger partial charge in [0.15, 0.2) is 6.20 Å². The van der Waals surface area contributed by atoms with Gasteiger partial charge in [0.1, 0.15) is 7.05 Å². The van der Waals surface area contributed by atoms with E-state index in [2.05, 4.69) is 94.0 Å². The van der Waals surface area contributed by atoms with E-state index >= 15 is 0 Å². The average molecular weight is 316 g/mol. The SMILES string of the molecule is CCc1cc(-c2cc(-c3ccccc3)c(C)cc2C)[n+](C)cc1C. The number of rotatable bonds is 3. The molecule has 122 valence electrons. The summed E-state index contributed by atoms with van der Waals surface area (Å²) in [5.74, 6) is 0. The third-order valence-corrected chi connectivity index (χ3v) is 4.90. The van der Waals surface area contributed by atoms with Gasteiger partial charge in [-0.15, -0.1) is 0 Å². The molecule has 0 amide bonds. The molecule has 0 fully saturated rings. The van der Waals surface area contributed by atoms with Crippen LogP contribution in [0.15, 0.2) is 54.7 Å². The van der Waals surface area contributed by atoms with Crippen LogP contribution in [0.5, 0.6) is 0 Å². The summed E-state index contributed by atoms with van der Waals surface area (Å²) in [5, 5.41) is 0. The molecule has 0 atom stereocenters. The first-order valence-electron chi connectivity index (χ1n) is 8.67. The van der Waals surface area contributed by atoms with Crippen molar-refractivity contribution in [3.63, 3.8) is 0 Å². The van der Waals surface area contributed by atoms with Crippen molar-refractivity contribution < 1.29 is 4.57 Å². The van der Waals surface area contributed by atoms with Crippen LogP contribution < -0.4 is 4.57 Å². The van der Waals surface area contributed by atoms with E-state index in [9.17, 15) is 0 Å². The van der Waals surface area contributed by atoms with Crippen molar-refractivity contribution >= 4 is 0 Å². The van der Waals surface area contributed by atoms with Crippen LogP contribution in [-0.4, -0.2) is 0 Å². The highest BCUT2D eigenvalue weighted by Gasteiger charge is 2.17. The van der Waals surface area contributed by atoms with Crippen LogP contribution >= 0.6 is 0 Å². The summed E-state index contributed by atoms with van der Waals surface area (Å²) in [6.07, 6.45) is 3.31. The normalized spacial score (nSPS) is 10.9. The predicted octanol–water partition coefficient (Wildman–Crippen LogP) is 5.33. The molecule has 0 radical (unpaired) electrons. The molecular weight excluding hydrogens is 290 g/mol. The first-order valence-corrected chi connectivity index (χ1v) is 8.67. The summed E-state index contributed by atoms with van der Waals surface area (Å²) >= 11 is 0. The molecule has 3 rings (SSSR count). The standard InChI is InChI=1S/C23H26N/c1-6-19-13-23(24(5)15-18(19)4)22-14-21(16(2)12-17(22)3)20-10-8-7-9-11-20/h7-15H,6H2,1-5H3/q+1. The smallest absolute Gasteiger partial charge is 0.201 e. The Morgan fingerprint density at radius 3 is 2.12 bits per heavy atom. The van der Waals surface area contributed by atoms with Crippen molar-refractivity contribution in [3.8, 4) is 22.4 Å². The lowest BCUT2D eigenvalue weighted by Gasteiger charge is -2.13. The third kappa shape index (κ3) is 2.99. The minimum absolute atomic E-state index is 1.07. The fraction of sp³-hybridized carbons (Fsp3) is 0.261. The molecule has 0 aliphatic heterocycles. The topological polar surface area (TPSA) is 3.88 Å². The molecular formula is C23H26N+. The van der Waals surface area contributed by atoms with E-state index in [0.717, 1.165) is 6.42 Å². The maximum absolute atomic E-state index is 2.35. The molecule has 0 N–H and O–H groups in total. The summed E-state index contributed by atoms with van der Waals surface area (Å²) in [5.41, 5.74) is 10.6. The summed E-state index contributed by atoms with van der Waals surface area (Å²) in [6, 6.07) is 17.7. The van der Waals surface area contributed by atoms with Gasteiger partial charge in [0.25, 0.3) is 0 Å². The van der Waals surface area contributed by atoms with Crippen LogP contribution in [0.25, 0.3) is 22.4 Å². The van der Waals surface area contributed by atoms with Gasteiger partial charge in [-0.1, -0.05) is 43.3 Å². The Morgan fingerprint density at radius 2 is 1.46 bits per heavy atom. The number of nitrogens with zero attached hydrogens (tertiary/aromatic N) is 1. The molecule has 0 bridgehead atoms. The summed E-state index contributed by atoms with van der Waals surface area (Å²) in [7, 11) is 2.14. The highest BCUT2D eigenvalue weighted by Crippen LogP contribution is 2.31. The number of aromatic nitrogens is 1. The zero-order chi connectivity index (χ0) is 17.3. The minimum atomic E-state index is 1.07. The van der Waals surface area contributed by atoms with Crippen molar-refractivity contribution in [3.05, 3.63) is 77.0 Å². The number of hydrogen-bond acceptors (Lipinski definition) is 0. The molecule has 0 aliphatic rings. The van der Waals surface area contributed by atoms with Gasteiger partial charge in [0.2, 0.25) is 5.69 Å². The van der Waals surface area contributed by atoms with Crippen molar-refractivity contribution in [1.82, 2.24) is 0 Å². The Labute approximate surface area is 145 Å². The van der Waals surface area contributed by atoms with Crippen molar-refractivity contribution in [2.45, 2.75) is 34.1 Å². The first-order chi connectivity index (χ1) is 11.5. The van der Waals surface area contributed by atoms with Crippen LogP contribution in [0.4, 0.5) is 0 Å². The van der Waals surface area contributed by atoms with Crippen molar-refractivity contribution in [1.29, 1.82) is 0 Å². The molecule has 0 saturated carbocycles. The van der Waals surface area contributed by atoms with Crippen LogP contribution in [0, 0.1) is 20.8 Å². The van der Waals surface area contributed by atoms with Gasteiger partial charge in [-0.3, -0.25) is 0 Å². The molecule has 0 aliphatic carbocycles. The van der Waals surface area contributed by atoms with E-state index in [1.807, 2.05) is 0 Å². The highest BCUT2D eigenvalue weighted by atomic mass is 14.9. The van der Waals surface area contributed by atoms with Gasteiger partial charge >= 0.3 is 0 Å². The first kappa shape index (κ1) is 16.4. The van der Waals surface area contributed by atoms with E-state index in [0.29, 0.717) is 0 Å². The lowest BCUT2D eigenvalue weighted by atomic mass is 9.92. The molecule has 24 heavy (non-hydrogen) atoms. The number of aryl methyl sites for hydroxylation is 5. The average Bonchev–Trinajstić information content (AvgIpc) is 2.57. The largest absolute Gasteiger partial charge is 0.212 e. The quantitative estimate of drug-likeness (QED) is 0.575. The zero-order valence-corrected chi connectivity index (χ0v) is 15.4. The van der Waals surface area contributed by atoms with E-state index in [1.54, 1.807) is 0 Å². The van der Waals surface area contributed by atoms with Gasteiger partial charge in [0, 0.05) is 17.2 Å². The van der Waals surface area contributed by atoms with E-state index < -0.39 is 0 Å². The molecule has 1 nitrogen and oxygen atoms in total. The lowest BCUT2D eigenvalue weighted by molar-refractivity contribution is -0.660. The lowest BCUT2D eigenvalue weighted by Crippen LogP contribution is -2.31. The second kappa shape index (κ2) is 6.60. The molecule has 2 aromatic carbocycles. The van der Waals surface area contributed by atoms with E-state index in [1.165, 1.54) is 44.6 Å². The monoisotopic (exact) mass is 316 g/mol. The van der Waals surface area contributed by atoms with Crippen molar-refractivity contribution in [2.75, 3.05) is 0 Å². The summed E-state index contributed by atoms with van der Waals surface area (Å²) in [6.45, 7) is 8.83. The molecule has 0 unspecified atom stereocenters. The molecule has 1 aromatic heterocycles. The number of hydrogen-bond donors (Lipinski definition) is 0. The second-order valence-electron chi connectivity index (χ2n) is 6.68. The predicted molar refractivity (Wildman–Crippen MR) is 102 cm³/mol. The van der Waals surface area contributed by atoms with E-state index in [-0.39, 0.29) is 0 Å².